The van der Waals surface area contributed by atoms with Crippen LogP contribution in [0.5, 0.6) is 0 Å². The topological polar surface area (TPSA) is 66.7 Å². The van der Waals surface area contributed by atoms with Crippen LogP contribution >= 0.6 is 11.6 Å². The number of halogens is 1. The highest BCUT2D eigenvalue weighted by Gasteiger charge is 2.30. The highest BCUT2D eigenvalue weighted by molar-refractivity contribution is 7.89. The Labute approximate surface area is 188 Å². The van der Waals surface area contributed by atoms with E-state index in [2.05, 4.69) is 9.88 Å². The first-order valence-electron chi connectivity index (χ1n) is 10.3. The first-order chi connectivity index (χ1) is 14.7. The molecule has 0 unspecified atom stereocenters. The third-order valence-corrected chi connectivity index (χ3v) is 7.91. The zero-order valence-electron chi connectivity index (χ0n) is 17.9. The van der Waals surface area contributed by atoms with E-state index in [4.69, 9.17) is 16.0 Å². The van der Waals surface area contributed by atoms with Crippen molar-refractivity contribution in [3.63, 3.8) is 0 Å². The lowest BCUT2D eigenvalue weighted by Gasteiger charge is -2.33. The summed E-state index contributed by atoms with van der Waals surface area (Å²) in [5, 5.41) is 0.635. The quantitative estimate of drug-likeness (QED) is 0.564. The van der Waals surface area contributed by atoms with E-state index in [1.165, 1.54) is 0 Å². The molecule has 0 saturated carbocycles. The second-order valence-electron chi connectivity index (χ2n) is 7.98. The molecule has 1 aliphatic heterocycles. The Kier molecular flexibility index (Phi) is 6.21. The van der Waals surface area contributed by atoms with Crippen LogP contribution in [0.15, 0.2) is 51.8 Å². The van der Waals surface area contributed by atoms with E-state index in [9.17, 15) is 8.42 Å². The van der Waals surface area contributed by atoms with Gasteiger partial charge in [0.15, 0.2) is 0 Å². The minimum absolute atomic E-state index is 0.402. The predicted octanol–water partition coefficient (Wildman–Crippen LogP) is 4.43. The number of hydrogen-bond donors (Lipinski definition) is 0. The number of nitrogens with zero attached hydrogens (tertiary/aromatic N) is 3. The monoisotopic (exact) mass is 459 g/mol. The Morgan fingerprint density at radius 1 is 1.03 bits per heavy atom. The lowest BCUT2D eigenvalue weighted by molar-refractivity contribution is 0.179. The van der Waals surface area contributed by atoms with Gasteiger partial charge in [0.1, 0.15) is 5.76 Å². The Morgan fingerprint density at radius 3 is 2.48 bits per heavy atom. The van der Waals surface area contributed by atoms with Gasteiger partial charge in [-0.25, -0.2) is 13.4 Å². The molecular weight excluding hydrogens is 434 g/mol. The summed E-state index contributed by atoms with van der Waals surface area (Å²) in [6.07, 6.45) is 0. The highest BCUT2D eigenvalue weighted by Crippen LogP contribution is 2.26. The van der Waals surface area contributed by atoms with Crippen molar-refractivity contribution in [3.05, 3.63) is 70.1 Å². The largest absolute Gasteiger partial charge is 0.441 e. The SMILES string of the molecule is Cc1ccc(C)c(S(=O)(=O)N2CCN(Cc3nc(-c4cccc(Cl)c4)oc3C)CC2)c1. The van der Waals surface area contributed by atoms with Crippen LogP contribution in [0.2, 0.25) is 5.02 Å². The van der Waals surface area contributed by atoms with Crippen LogP contribution < -0.4 is 0 Å². The molecule has 1 saturated heterocycles. The number of sulfonamides is 1. The second-order valence-corrected chi connectivity index (χ2v) is 10.3. The van der Waals surface area contributed by atoms with E-state index in [1.54, 1.807) is 10.4 Å². The summed E-state index contributed by atoms with van der Waals surface area (Å²) in [6.45, 7) is 8.46. The summed E-state index contributed by atoms with van der Waals surface area (Å²) in [4.78, 5) is 7.27. The number of hydrogen-bond acceptors (Lipinski definition) is 5. The minimum atomic E-state index is -3.50. The van der Waals surface area contributed by atoms with E-state index in [0.717, 1.165) is 28.1 Å². The second kappa shape index (κ2) is 8.74. The molecule has 0 amide bonds. The van der Waals surface area contributed by atoms with E-state index in [1.807, 2.05) is 57.2 Å². The van der Waals surface area contributed by atoms with Gasteiger partial charge in [0, 0.05) is 43.3 Å². The van der Waals surface area contributed by atoms with Crippen molar-refractivity contribution in [2.75, 3.05) is 26.2 Å². The Hall–Kier alpha value is -2.19. The van der Waals surface area contributed by atoms with Crippen LogP contribution in [0.25, 0.3) is 11.5 Å². The molecule has 0 N–H and O–H groups in total. The number of piperazine rings is 1. The summed E-state index contributed by atoms with van der Waals surface area (Å²) in [7, 11) is -3.50. The first-order valence-corrected chi connectivity index (χ1v) is 12.1. The smallest absolute Gasteiger partial charge is 0.243 e. The van der Waals surface area contributed by atoms with Gasteiger partial charge in [0.25, 0.3) is 0 Å². The molecule has 3 aromatic rings. The zero-order chi connectivity index (χ0) is 22.2. The molecule has 0 radical (unpaired) electrons. The maximum absolute atomic E-state index is 13.1. The average molecular weight is 460 g/mol. The molecule has 2 aromatic carbocycles. The summed E-state index contributed by atoms with van der Waals surface area (Å²) in [6, 6.07) is 13.0. The molecule has 1 aliphatic rings. The van der Waals surface area contributed by atoms with E-state index in [0.29, 0.717) is 48.5 Å². The third-order valence-electron chi connectivity index (χ3n) is 5.63. The van der Waals surface area contributed by atoms with Crippen LogP contribution in [0.4, 0.5) is 0 Å². The maximum atomic E-state index is 13.1. The van der Waals surface area contributed by atoms with Crippen molar-refractivity contribution in [2.24, 2.45) is 0 Å². The Balaban J connectivity index is 1.43. The Morgan fingerprint density at radius 2 is 1.77 bits per heavy atom. The van der Waals surface area contributed by atoms with Crippen molar-refractivity contribution in [3.8, 4) is 11.5 Å². The molecule has 8 heteroatoms. The van der Waals surface area contributed by atoms with Gasteiger partial charge in [-0.2, -0.15) is 4.31 Å². The molecule has 6 nitrogen and oxygen atoms in total. The third kappa shape index (κ3) is 4.70. The van der Waals surface area contributed by atoms with Crippen LogP contribution in [-0.4, -0.2) is 48.8 Å². The molecule has 0 atom stereocenters. The van der Waals surface area contributed by atoms with Crippen LogP contribution in [-0.2, 0) is 16.6 Å². The van der Waals surface area contributed by atoms with Crippen molar-refractivity contribution in [1.29, 1.82) is 0 Å². The predicted molar refractivity (Wildman–Crippen MR) is 122 cm³/mol. The lowest BCUT2D eigenvalue weighted by atomic mass is 10.2. The molecule has 164 valence electrons. The highest BCUT2D eigenvalue weighted by atomic mass is 35.5. The molecule has 1 aromatic heterocycles. The minimum Gasteiger partial charge on any atom is -0.441 e. The molecule has 0 aliphatic carbocycles. The fraction of sp³-hybridized carbons (Fsp3) is 0.348. The zero-order valence-corrected chi connectivity index (χ0v) is 19.5. The van der Waals surface area contributed by atoms with Gasteiger partial charge in [-0.15, -0.1) is 0 Å². The molecule has 0 spiro atoms. The standard InChI is InChI=1S/C23H26ClN3O3S/c1-16-7-8-17(2)22(13-16)31(28,29)27-11-9-26(10-12-27)15-21-18(3)30-23(25-21)19-5-4-6-20(24)14-19/h4-8,13-14H,9-12,15H2,1-3H3. The van der Waals surface area contributed by atoms with Crippen molar-refractivity contribution in [1.82, 2.24) is 14.2 Å². The van der Waals surface area contributed by atoms with Gasteiger partial charge in [-0.1, -0.05) is 29.8 Å². The van der Waals surface area contributed by atoms with Gasteiger partial charge in [-0.3, -0.25) is 4.90 Å². The van der Waals surface area contributed by atoms with E-state index in [-0.39, 0.29) is 0 Å². The molecular formula is C23H26ClN3O3S. The average Bonchev–Trinajstić information content (AvgIpc) is 3.10. The van der Waals surface area contributed by atoms with Crippen molar-refractivity contribution < 1.29 is 12.8 Å². The Bertz CT molecular complexity index is 1200. The van der Waals surface area contributed by atoms with Crippen LogP contribution in [0.1, 0.15) is 22.6 Å². The van der Waals surface area contributed by atoms with Crippen molar-refractivity contribution >= 4 is 21.6 Å². The lowest BCUT2D eigenvalue weighted by Crippen LogP contribution is -2.48. The first kappa shape index (κ1) is 22.0. The molecule has 1 fully saturated rings. The molecule has 2 heterocycles. The number of aryl methyl sites for hydroxylation is 3. The fourth-order valence-electron chi connectivity index (χ4n) is 3.78. The fourth-order valence-corrected chi connectivity index (χ4v) is 5.71. The van der Waals surface area contributed by atoms with E-state index >= 15 is 0 Å². The summed E-state index contributed by atoms with van der Waals surface area (Å²) in [5.41, 5.74) is 3.42. The summed E-state index contributed by atoms with van der Waals surface area (Å²) in [5.74, 6) is 1.31. The van der Waals surface area contributed by atoms with Crippen LogP contribution in [0, 0.1) is 20.8 Å². The van der Waals surface area contributed by atoms with E-state index < -0.39 is 10.0 Å². The van der Waals surface area contributed by atoms with Gasteiger partial charge in [0.05, 0.1) is 10.6 Å². The molecule has 0 bridgehead atoms. The number of aromatic nitrogens is 1. The molecule has 31 heavy (non-hydrogen) atoms. The maximum Gasteiger partial charge on any atom is 0.243 e. The van der Waals surface area contributed by atoms with Crippen molar-refractivity contribution in [2.45, 2.75) is 32.2 Å². The normalized spacial score (nSPS) is 16.0. The van der Waals surface area contributed by atoms with Gasteiger partial charge in [0.2, 0.25) is 15.9 Å². The number of benzene rings is 2. The summed E-state index contributed by atoms with van der Waals surface area (Å²) >= 11 is 6.08. The van der Waals surface area contributed by atoms with Gasteiger partial charge < -0.3 is 4.42 Å². The number of oxazole rings is 1. The van der Waals surface area contributed by atoms with Gasteiger partial charge in [-0.05, 0) is 56.2 Å². The summed E-state index contributed by atoms with van der Waals surface area (Å²) < 4.78 is 33.7. The molecule has 4 rings (SSSR count). The van der Waals surface area contributed by atoms with Crippen LogP contribution in [0.3, 0.4) is 0 Å². The number of rotatable bonds is 5. The van der Waals surface area contributed by atoms with Gasteiger partial charge >= 0.3 is 0 Å².